The summed E-state index contributed by atoms with van der Waals surface area (Å²) in [6.07, 6.45) is 1.23. The number of nitrogens with one attached hydrogen (secondary N) is 1. The van der Waals surface area contributed by atoms with Gasteiger partial charge in [-0.2, -0.15) is 0 Å². The zero-order valence-corrected chi connectivity index (χ0v) is 19.1. The zero-order valence-electron chi connectivity index (χ0n) is 18.3. The monoisotopic (exact) mass is 428 g/mol. The third-order valence-corrected chi connectivity index (χ3v) is 5.82. The first kappa shape index (κ1) is 23.8. The normalized spacial score (nSPS) is 11.6. The summed E-state index contributed by atoms with van der Waals surface area (Å²) < 4.78 is 5.29. The number of ether oxygens (including phenoxy) is 1. The van der Waals surface area contributed by atoms with Gasteiger partial charge in [0, 0.05) is 30.2 Å². The Morgan fingerprint density at radius 1 is 1.17 bits per heavy atom. The third kappa shape index (κ3) is 7.41. The van der Waals surface area contributed by atoms with Crippen molar-refractivity contribution in [2.24, 2.45) is 0 Å². The largest absolute Gasteiger partial charge is 0.497 e. The van der Waals surface area contributed by atoms with Gasteiger partial charge < -0.3 is 15.0 Å². The molecular weight excluding hydrogens is 396 g/mol. The van der Waals surface area contributed by atoms with E-state index >= 15 is 0 Å². The summed E-state index contributed by atoms with van der Waals surface area (Å²) in [4.78, 5) is 28.4. The molecule has 5 nitrogen and oxygen atoms in total. The summed E-state index contributed by atoms with van der Waals surface area (Å²) in [5, 5.41) is 2.90. The van der Waals surface area contributed by atoms with Crippen LogP contribution in [0.1, 0.15) is 37.8 Å². The van der Waals surface area contributed by atoms with Crippen molar-refractivity contribution in [1.29, 1.82) is 0 Å². The standard InChI is InChI=1S/C24H32N2O3S/c1-5-14-25-24(28)19(3)26(17-20-7-6-8-21(16-20)29-4)23(27)13-15-30-22-11-9-18(2)10-12-22/h6-12,16,19H,5,13-15,17H2,1-4H3,(H,25,28)/t19-/m0/s1. The molecule has 162 valence electrons. The summed E-state index contributed by atoms with van der Waals surface area (Å²) in [6, 6.07) is 15.3. The number of thioether (sulfide) groups is 1. The maximum Gasteiger partial charge on any atom is 0.242 e. The minimum absolute atomic E-state index is 0.0309. The minimum Gasteiger partial charge on any atom is -0.497 e. The number of nitrogens with zero attached hydrogens (tertiary/aromatic N) is 1. The van der Waals surface area contributed by atoms with Crippen LogP contribution in [0.4, 0.5) is 0 Å². The van der Waals surface area contributed by atoms with Crippen LogP contribution in [0.2, 0.25) is 0 Å². The number of methoxy groups -OCH3 is 1. The van der Waals surface area contributed by atoms with Gasteiger partial charge in [-0.25, -0.2) is 0 Å². The van der Waals surface area contributed by atoms with Crippen molar-refractivity contribution in [1.82, 2.24) is 10.2 Å². The molecule has 0 bridgehead atoms. The molecule has 0 saturated heterocycles. The molecule has 0 spiro atoms. The van der Waals surface area contributed by atoms with Crippen LogP contribution in [0.5, 0.6) is 5.75 Å². The molecule has 0 aliphatic rings. The fourth-order valence-corrected chi connectivity index (χ4v) is 3.82. The summed E-state index contributed by atoms with van der Waals surface area (Å²) in [6.45, 7) is 6.82. The molecule has 2 aromatic rings. The number of aryl methyl sites for hydroxylation is 1. The van der Waals surface area contributed by atoms with Gasteiger partial charge in [0.15, 0.2) is 0 Å². The van der Waals surface area contributed by atoms with Crippen molar-refractivity contribution in [2.45, 2.75) is 51.1 Å². The molecule has 6 heteroatoms. The van der Waals surface area contributed by atoms with Crippen LogP contribution in [0.3, 0.4) is 0 Å². The van der Waals surface area contributed by atoms with E-state index in [1.165, 1.54) is 5.56 Å². The van der Waals surface area contributed by atoms with E-state index < -0.39 is 6.04 Å². The van der Waals surface area contributed by atoms with Crippen molar-refractivity contribution in [3.05, 3.63) is 59.7 Å². The first-order valence-corrected chi connectivity index (χ1v) is 11.3. The van der Waals surface area contributed by atoms with Gasteiger partial charge in [-0.1, -0.05) is 36.8 Å². The Labute approximate surface area is 184 Å². The molecule has 30 heavy (non-hydrogen) atoms. The van der Waals surface area contributed by atoms with Crippen LogP contribution in [0.25, 0.3) is 0 Å². The van der Waals surface area contributed by atoms with Crippen LogP contribution in [-0.2, 0) is 16.1 Å². The average molecular weight is 429 g/mol. The van der Waals surface area contributed by atoms with E-state index in [2.05, 4.69) is 36.5 Å². The van der Waals surface area contributed by atoms with E-state index in [9.17, 15) is 9.59 Å². The molecule has 2 aromatic carbocycles. The van der Waals surface area contributed by atoms with Crippen molar-refractivity contribution >= 4 is 23.6 Å². The highest BCUT2D eigenvalue weighted by Crippen LogP contribution is 2.21. The Kier molecular flexibility index (Phi) is 9.74. The second kappa shape index (κ2) is 12.3. The van der Waals surface area contributed by atoms with Gasteiger partial charge >= 0.3 is 0 Å². The van der Waals surface area contributed by atoms with E-state index in [4.69, 9.17) is 4.74 Å². The van der Waals surface area contributed by atoms with E-state index in [1.807, 2.05) is 31.2 Å². The maximum atomic E-state index is 13.1. The highest BCUT2D eigenvalue weighted by molar-refractivity contribution is 7.99. The zero-order chi connectivity index (χ0) is 21.9. The highest BCUT2D eigenvalue weighted by Gasteiger charge is 2.25. The Morgan fingerprint density at radius 2 is 1.90 bits per heavy atom. The molecule has 0 aromatic heterocycles. The summed E-state index contributed by atoms with van der Waals surface area (Å²) in [5.41, 5.74) is 2.15. The van der Waals surface area contributed by atoms with Gasteiger partial charge in [-0.15, -0.1) is 11.8 Å². The van der Waals surface area contributed by atoms with Crippen molar-refractivity contribution in [2.75, 3.05) is 19.4 Å². The second-order valence-corrected chi connectivity index (χ2v) is 8.42. The maximum absolute atomic E-state index is 13.1. The number of hydrogen-bond donors (Lipinski definition) is 1. The van der Waals surface area contributed by atoms with Crippen LogP contribution < -0.4 is 10.1 Å². The van der Waals surface area contributed by atoms with Gasteiger partial charge in [0.05, 0.1) is 7.11 Å². The van der Waals surface area contributed by atoms with Gasteiger partial charge in [-0.05, 0) is 50.1 Å². The lowest BCUT2D eigenvalue weighted by molar-refractivity contribution is -0.140. The Hall–Kier alpha value is -2.47. The van der Waals surface area contributed by atoms with Crippen molar-refractivity contribution in [3.63, 3.8) is 0 Å². The van der Waals surface area contributed by atoms with Crippen molar-refractivity contribution < 1.29 is 14.3 Å². The quantitative estimate of drug-likeness (QED) is 0.538. The molecule has 2 rings (SSSR count). The van der Waals surface area contributed by atoms with Crippen LogP contribution >= 0.6 is 11.8 Å². The predicted octanol–water partition coefficient (Wildman–Crippen LogP) is 4.43. The van der Waals surface area contributed by atoms with Gasteiger partial charge in [0.1, 0.15) is 11.8 Å². The van der Waals surface area contributed by atoms with Gasteiger partial charge in [0.2, 0.25) is 11.8 Å². The third-order valence-electron chi connectivity index (χ3n) is 4.81. The minimum atomic E-state index is -0.542. The van der Waals surface area contributed by atoms with Crippen LogP contribution in [0, 0.1) is 6.92 Å². The second-order valence-electron chi connectivity index (χ2n) is 7.25. The Morgan fingerprint density at radius 3 is 2.57 bits per heavy atom. The molecule has 0 aliphatic heterocycles. The molecule has 0 heterocycles. The number of rotatable bonds is 11. The summed E-state index contributed by atoms with van der Waals surface area (Å²) >= 11 is 1.65. The lowest BCUT2D eigenvalue weighted by Crippen LogP contribution is -2.47. The number of carbonyl (C=O) groups excluding carboxylic acids is 2. The number of amides is 2. The summed E-state index contributed by atoms with van der Waals surface area (Å²) in [7, 11) is 1.62. The van der Waals surface area contributed by atoms with E-state index in [-0.39, 0.29) is 11.8 Å². The molecule has 1 atom stereocenters. The molecule has 0 saturated carbocycles. The summed E-state index contributed by atoms with van der Waals surface area (Å²) in [5.74, 6) is 1.24. The number of benzene rings is 2. The SMILES string of the molecule is CCCNC(=O)[C@H](C)N(Cc1cccc(OC)c1)C(=O)CCSc1ccc(C)cc1. The molecule has 1 N–H and O–H groups in total. The topological polar surface area (TPSA) is 58.6 Å². The van der Waals surface area contributed by atoms with Crippen LogP contribution in [0.15, 0.2) is 53.4 Å². The lowest BCUT2D eigenvalue weighted by Gasteiger charge is -2.29. The fraction of sp³-hybridized carbons (Fsp3) is 0.417. The smallest absolute Gasteiger partial charge is 0.242 e. The van der Waals surface area contributed by atoms with Crippen molar-refractivity contribution in [3.8, 4) is 5.75 Å². The first-order valence-electron chi connectivity index (χ1n) is 10.3. The molecule has 0 aliphatic carbocycles. The van der Waals surface area contributed by atoms with E-state index in [0.29, 0.717) is 25.3 Å². The lowest BCUT2D eigenvalue weighted by atomic mass is 10.1. The molecule has 0 fully saturated rings. The Balaban J connectivity index is 2.06. The van der Waals surface area contributed by atoms with E-state index in [1.54, 1.807) is 30.7 Å². The molecule has 0 unspecified atom stereocenters. The average Bonchev–Trinajstić information content (AvgIpc) is 2.76. The molecule has 2 amide bonds. The molecular formula is C24H32N2O3S. The van der Waals surface area contributed by atoms with Crippen LogP contribution in [-0.4, -0.2) is 42.2 Å². The fourth-order valence-electron chi connectivity index (χ4n) is 2.98. The molecule has 0 radical (unpaired) electrons. The number of carbonyl (C=O) groups is 2. The van der Waals surface area contributed by atoms with E-state index in [0.717, 1.165) is 22.6 Å². The Bertz CT molecular complexity index is 823. The highest BCUT2D eigenvalue weighted by atomic mass is 32.2. The van der Waals surface area contributed by atoms with Gasteiger partial charge in [0.25, 0.3) is 0 Å². The van der Waals surface area contributed by atoms with Gasteiger partial charge in [-0.3, -0.25) is 9.59 Å². The number of hydrogen-bond acceptors (Lipinski definition) is 4. The predicted molar refractivity (Wildman–Crippen MR) is 123 cm³/mol. The first-order chi connectivity index (χ1) is 14.4.